The lowest BCUT2D eigenvalue weighted by Crippen LogP contribution is -2.27. The fraction of sp³-hybridized carbons (Fsp3) is 0.375. The van der Waals surface area contributed by atoms with Crippen LogP contribution in [0.1, 0.15) is 18.4 Å². The molecule has 7 nitrogen and oxygen atoms in total. The molecule has 0 bridgehead atoms. The molecule has 0 spiro atoms. The second-order valence-corrected chi connectivity index (χ2v) is 7.85. The molecule has 1 fully saturated rings. The molecule has 1 unspecified atom stereocenters. The number of alkyl halides is 3. The van der Waals surface area contributed by atoms with Crippen molar-refractivity contribution in [3.05, 3.63) is 29.3 Å². The Morgan fingerprint density at radius 3 is 2.79 bits per heavy atom. The summed E-state index contributed by atoms with van der Waals surface area (Å²) in [6, 6.07) is 3.21. The number of carbonyl (C=O) groups is 2. The van der Waals surface area contributed by atoms with Gasteiger partial charge >= 0.3 is 6.18 Å². The number of anilines is 2. The molecule has 1 aromatic heterocycles. The van der Waals surface area contributed by atoms with Crippen molar-refractivity contribution in [2.75, 3.05) is 23.0 Å². The van der Waals surface area contributed by atoms with Gasteiger partial charge < -0.3 is 15.4 Å². The van der Waals surface area contributed by atoms with Gasteiger partial charge in [-0.1, -0.05) is 23.1 Å². The molecule has 1 atom stereocenters. The van der Waals surface area contributed by atoms with Crippen LogP contribution in [0.5, 0.6) is 0 Å². The third-order valence-electron chi connectivity index (χ3n) is 3.76. The first-order valence-electron chi connectivity index (χ1n) is 8.15. The van der Waals surface area contributed by atoms with Gasteiger partial charge in [-0.05, 0) is 31.0 Å². The van der Waals surface area contributed by atoms with Crippen LogP contribution in [0.2, 0.25) is 0 Å². The molecule has 3 rings (SSSR count). The minimum absolute atomic E-state index is 0.0194. The standard InChI is InChI=1S/C16H15F3N4O3S2/c17-16(18,19)10-6-9(21-14(25)12-2-1-5-26-12)3-4-11(10)22-13(24)7-27-15-23-20-8-28-15/h3-4,6,8,12H,1-2,5,7H2,(H,21,25)(H,22,24). The Hall–Kier alpha value is -2.18. The average Bonchev–Trinajstić information content (AvgIpc) is 3.34. The maximum atomic E-state index is 13.4. The Bertz CT molecular complexity index is 840. The van der Waals surface area contributed by atoms with E-state index < -0.39 is 29.7 Å². The normalized spacial score (nSPS) is 16.8. The van der Waals surface area contributed by atoms with Crippen LogP contribution in [0, 0.1) is 0 Å². The lowest BCUT2D eigenvalue weighted by Gasteiger charge is -2.16. The molecule has 150 valence electrons. The van der Waals surface area contributed by atoms with E-state index in [1.807, 2.05) is 0 Å². The highest BCUT2D eigenvalue weighted by molar-refractivity contribution is 8.01. The van der Waals surface area contributed by atoms with Crippen molar-refractivity contribution in [2.24, 2.45) is 0 Å². The van der Waals surface area contributed by atoms with Gasteiger partial charge in [0.1, 0.15) is 11.6 Å². The second kappa shape index (κ2) is 8.88. The third-order valence-corrected chi connectivity index (χ3v) is 5.62. The number of hydrogen-bond acceptors (Lipinski definition) is 7. The summed E-state index contributed by atoms with van der Waals surface area (Å²) in [5.41, 5.74) is 0.0393. The highest BCUT2D eigenvalue weighted by Crippen LogP contribution is 2.37. The van der Waals surface area contributed by atoms with Crippen LogP contribution < -0.4 is 10.6 Å². The summed E-state index contributed by atoms with van der Waals surface area (Å²) in [6.07, 6.45) is -4.12. The van der Waals surface area contributed by atoms with Gasteiger partial charge in [-0.15, -0.1) is 10.2 Å². The molecule has 2 amide bonds. The van der Waals surface area contributed by atoms with E-state index in [1.165, 1.54) is 22.9 Å². The summed E-state index contributed by atoms with van der Waals surface area (Å²) >= 11 is 2.30. The van der Waals surface area contributed by atoms with Crippen LogP contribution in [0.4, 0.5) is 24.5 Å². The highest BCUT2D eigenvalue weighted by Gasteiger charge is 2.34. The predicted octanol–water partition coefficient (Wildman–Crippen LogP) is 3.41. The number of carbonyl (C=O) groups excluding carboxylic acids is 2. The van der Waals surface area contributed by atoms with Crippen molar-refractivity contribution < 1.29 is 27.5 Å². The molecule has 12 heteroatoms. The molecule has 2 heterocycles. The number of thioether (sulfide) groups is 1. The first-order valence-corrected chi connectivity index (χ1v) is 10.0. The number of halogens is 3. The van der Waals surface area contributed by atoms with Gasteiger partial charge in [-0.25, -0.2) is 0 Å². The Labute approximate surface area is 166 Å². The van der Waals surface area contributed by atoms with Crippen LogP contribution >= 0.6 is 23.1 Å². The van der Waals surface area contributed by atoms with Crippen molar-refractivity contribution in [3.63, 3.8) is 0 Å². The van der Waals surface area contributed by atoms with Gasteiger partial charge in [0, 0.05) is 12.3 Å². The molecular formula is C16H15F3N4O3S2. The Morgan fingerprint density at radius 1 is 1.32 bits per heavy atom. The van der Waals surface area contributed by atoms with Crippen LogP contribution in [-0.2, 0) is 20.5 Å². The maximum absolute atomic E-state index is 13.4. The number of nitrogens with one attached hydrogen (secondary N) is 2. The quantitative estimate of drug-likeness (QED) is 0.680. The number of nitrogens with zero attached hydrogens (tertiary/aromatic N) is 2. The molecule has 1 saturated heterocycles. The minimum atomic E-state index is -4.71. The fourth-order valence-corrected chi connectivity index (χ4v) is 3.80. The first-order chi connectivity index (χ1) is 13.3. The third kappa shape index (κ3) is 5.42. The van der Waals surface area contributed by atoms with Gasteiger partial charge in [-0.2, -0.15) is 13.2 Å². The lowest BCUT2D eigenvalue weighted by molar-refractivity contribution is -0.137. The summed E-state index contributed by atoms with van der Waals surface area (Å²) in [6.45, 7) is 0.450. The molecule has 2 N–H and O–H groups in total. The molecule has 0 aliphatic carbocycles. The maximum Gasteiger partial charge on any atom is 0.418 e. The van der Waals surface area contributed by atoms with Crippen LogP contribution in [0.15, 0.2) is 28.0 Å². The van der Waals surface area contributed by atoms with Crippen molar-refractivity contribution in [1.82, 2.24) is 10.2 Å². The van der Waals surface area contributed by atoms with E-state index in [1.54, 1.807) is 0 Å². The molecule has 1 aromatic carbocycles. The highest BCUT2D eigenvalue weighted by atomic mass is 32.2. The van der Waals surface area contributed by atoms with E-state index in [9.17, 15) is 22.8 Å². The van der Waals surface area contributed by atoms with Gasteiger partial charge in [0.2, 0.25) is 5.91 Å². The van der Waals surface area contributed by atoms with Crippen molar-refractivity contribution >= 4 is 46.3 Å². The summed E-state index contributed by atoms with van der Waals surface area (Å²) < 4.78 is 46.0. The Balaban J connectivity index is 1.69. The lowest BCUT2D eigenvalue weighted by atomic mass is 10.1. The van der Waals surface area contributed by atoms with Crippen molar-refractivity contribution in [1.29, 1.82) is 0 Å². The molecule has 2 aromatic rings. The van der Waals surface area contributed by atoms with E-state index in [4.69, 9.17) is 4.74 Å². The predicted molar refractivity (Wildman–Crippen MR) is 98.3 cm³/mol. The smallest absolute Gasteiger partial charge is 0.368 e. The van der Waals surface area contributed by atoms with Gasteiger partial charge in [-0.3, -0.25) is 9.59 Å². The summed E-state index contributed by atoms with van der Waals surface area (Å²) in [4.78, 5) is 24.0. The molecule has 1 aliphatic heterocycles. The number of ether oxygens (including phenoxy) is 1. The van der Waals surface area contributed by atoms with E-state index >= 15 is 0 Å². The zero-order chi connectivity index (χ0) is 20.1. The van der Waals surface area contributed by atoms with Crippen LogP contribution in [-0.4, -0.2) is 40.5 Å². The first kappa shape index (κ1) is 20.6. The van der Waals surface area contributed by atoms with Gasteiger partial charge in [0.15, 0.2) is 4.34 Å². The SMILES string of the molecule is O=C(CSc1nncs1)Nc1ccc(NC(=O)C2CCCO2)cc1C(F)(F)F. The van der Waals surface area contributed by atoms with E-state index in [2.05, 4.69) is 20.8 Å². The van der Waals surface area contributed by atoms with Gasteiger partial charge in [0.25, 0.3) is 5.91 Å². The number of benzene rings is 1. The summed E-state index contributed by atoms with van der Waals surface area (Å²) in [7, 11) is 0. The van der Waals surface area contributed by atoms with E-state index in [-0.39, 0.29) is 17.1 Å². The molecule has 1 aliphatic rings. The summed E-state index contributed by atoms with van der Waals surface area (Å²) in [5.74, 6) is -1.21. The number of amides is 2. The largest absolute Gasteiger partial charge is 0.418 e. The Kier molecular flexibility index (Phi) is 6.52. The number of aromatic nitrogens is 2. The molecule has 28 heavy (non-hydrogen) atoms. The molecule has 0 radical (unpaired) electrons. The number of rotatable bonds is 6. The monoisotopic (exact) mass is 432 g/mol. The summed E-state index contributed by atoms with van der Waals surface area (Å²) in [5, 5.41) is 12.0. The van der Waals surface area contributed by atoms with Crippen molar-refractivity contribution in [3.8, 4) is 0 Å². The van der Waals surface area contributed by atoms with Gasteiger partial charge in [0.05, 0.1) is 17.0 Å². The van der Waals surface area contributed by atoms with Crippen molar-refractivity contribution in [2.45, 2.75) is 29.5 Å². The second-order valence-electron chi connectivity index (χ2n) is 5.79. The Morgan fingerprint density at radius 2 is 2.14 bits per heavy atom. The molecule has 0 saturated carbocycles. The van der Waals surface area contributed by atoms with Crippen LogP contribution in [0.25, 0.3) is 0 Å². The number of hydrogen-bond donors (Lipinski definition) is 2. The zero-order valence-corrected chi connectivity index (χ0v) is 15.9. The fourth-order valence-electron chi connectivity index (χ4n) is 2.51. The topological polar surface area (TPSA) is 93.2 Å². The molecular weight excluding hydrogens is 417 g/mol. The minimum Gasteiger partial charge on any atom is -0.368 e. The zero-order valence-electron chi connectivity index (χ0n) is 14.3. The van der Waals surface area contributed by atoms with Crippen LogP contribution in [0.3, 0.4) is 0 Å². The average molecular weight is 432 g/mol. The van der Waals surface area contributed by atoms with E-state index in [0.717, 1.165) is 30.3 Å². The van der Waals surface area contributed by atoms with E-state index in [0.29, 0.717) is 17.4 Å².